The molecule has 0 spiro atoms. The molecule has 0 bridgehead atoms. The lowest BCUT2D eigenvalue weighted by Gasteiger charge is -2.35. The first kappa shape index (κ1) is 14.3. The molecule has 0 heterocycles. The number of carbonyl (C=O) groups is 1. The molecule has 2 rings (SSSR count). The van der Waals surface area contributed by atoms with Crippen LogP contribution in [0.1, 0.15) is 60.0 Å². The third-order valence-corrected chi connectivity index (χ3v) is 4.43. The van der Waals surface area contributed by atoms with Crippen LogP contribution in [0.5, 0.6) is 0 Å². The summed E-state index contributed by atoms with van der Waals surface area (Å²) in [5.74, 6) is 0.263. The summed E-state index contributed by atoms with van der Waals surface area (Å²) in [7, 11) is 0. The number of rotatable bonds is 4. The molecule has 1 aliphatic carbocycles. The molecular formula is C17H25NO. The number of carbonyl (C=O) groups excluding carboxylic acids is 1. The van der Waals surface area contributed by atoms with E-state index in [1.807, 2.05) is 26.0 Å². The molecule has 0 unspecified atom stereocenters. The van der Waals surface area contributed by atoms with Gasteiger partial charge >= 0.3 is 0 Å². The Hall–Kier alpha value is -1.15. The highest BCUT2D eigenvalue weighted by Gasteiger charge is 2.33. The monoisotopic (exact) mass is 259 g/mol. The fourth-order valence-electron chi connectivity index (χ4n) is 3.33. The van der Waals surface area contributed by atoms with Gasteiger partial charge in [-0.3, -0.25) is 4.79 Å². The Kier molecular flexibility index (Phi) is 4.41. The van der Waals surface area contributed by atoms with Gasteiger partial charge in [-0.25, -0.2) is 0 Å². The van der Waals surface area contributed by atoms with Crippen molar-refractivity contribution in [1.29, 1.82) is 0 Å². The van der Waals surface area contributed by atoms with Crippen LogP contribution in [-0.4, -0.2) is 12.3 Å². The zero-order chi connectivity index (χ0) is 13.9. The van der Waals surface area contributed by atoms with Crippen LogP contribution >= 0.6 is 0 Å². The van der Waals surface area contributed by atoms with Crippen LogP contribution in [0.4, 0.5) is 0 Å². The van der Waals surface area contributed by atoms with Gasteiger partial charge in [0.15, 0.2) is 5.78 Å². The SMILES string of the molecule is Cc1cc(C)cc(C(=O)CC2(CN)CCCCC2)c1. The largest absolute Gasteiger partial charge is 0.330 e. The second kappa shape index (κ2) is 5.87. The Morgan fingerprint density at radius 2 is 1.68 bits per heavy atom. The molecule has 0 radical (unpaired) electrons. The number of nitrogens with two attached hydrogens (primary N) is 1. The van der Waals surface area contributed by atoms with Crippen LogP contribution in [0, 0.1) is 19.3 Å². The fourth-order valence-corrected chi connectivity index (χ4v) is 3.33. The third-order valence-electron chi connectivity index (χ3n) is 4.43. The minimum Gasteiger partial charge on any atom is -0.330 e. The Morgan fingerprint density at radius 3 is 2.21 bits per heavy atom. The van der Waals surface area contributed by atoms with E-state index >= 15 is 0 Å². The van der Waals surface area contributed by atoms with Crippen molar-refractivity contribution in [3.63, 3.8) is 0 Å². The van der Waals surface area contributed by atoms with E-state index in [2.05, 4.69) is 6.07 Å². The molecule has 2 heteroatoms. The van der Waals surface area contributed by atoms with Crippen molar-refractivity contribution >= 4 is 5.78 Å². The van der Waals surface area contributed by atoms with Crippen LogP contribution < -0.4 is 5.73 Å². The Balaban J connectivity index is 2.15. The zero-order valence-corrected chi connectivity index (χ0v) is 12.2. The molecule has 2 nitrogen and oxygen atoms in total. The van der Waals surface area contributed by atoms with E-state index < -0.39 is 0 Å². The first-order chi connectivity index (χ1) is 9.04. The molecule has 104 valence electrons. The summed E-state index contributed by atoms with van der Waals surface area (Å²) in [6, 6.07) is 6.11. The Morgan fingerprint density at radius 1 is 1.11 bits per heavy atom. The highest BCUT2D eigenvalue weighted by atomic mass is 16.1. The first-order valence-corrected chi connectivity index (χ1v) is 7.36. The van der Waals surface area contributed by atoms with Crippen molar-refractivity contribution in [2.45, 2.75) is 52.4 Å². The van der Waals surface area contributed by atoms with Gasteiger partial charge in [0.1, 0.15) is 0 Å². The lowest BCUT2D eigenvalue weighted by Crippen LogP contribution is -2.35. The normalized spacial score (nSPS) is 18.3. The number of hydrogen-bond donors (Lipinski definition) is 1. The van der Waals surface area contributed by atoms with Crippen molar-refractivity contribution in [2.24, 2.45) is 11.1 Å². The number of Topliss-reactive ketones (excluding diaryl/α,β-unsaturated/α-hetero) is 1. The highest BCUT2D eigenvalue weighted by Crippen LogP contribution is 2.39. The number of benzene rings is 1. The van der Waals surface area contributed by atoms with Crippen molar-refractivity contribution in [3.8, 4) is 0 Å². The molecule has 1 saturated carbocycles. The molecule has 0 atom stereocenters. The Bertz CT molecular complexity index is 438. The predicted octanol–water partition coefficient (Wildman–Crippen LogP) is 3.79. The quantitative estimate of drug-likeness (QED) is 0.836. The van der Waals surface area contributed by atoms with Gasteiger partial charge in [0.05, 0.1) is 0 Å². The maximum absolute atomic E-state index is 12.5. The van der Waals surface area contributed by atoms with Crippen molar-refractivity contribution in [2.75, 3.05) is 6.54 Å². The second-order valence-electron chi connectivity index (χ2n) is 6.24. The maximum atomic E-state index is 12.5. The average Bonchev–Trinajstić information content (AvgIpc) is 2.38. The van der Waals surface area contributed by atoms with Gasteiger partial charge in [-0.05, 0) is 50.8 Å². The molecule has 1 aromatic rings. The zero-order valence-electron chi connectivity index (χ0n) is 12.2. The van der Waals surface area contributed by atoms with Crippen LogP contribution in [0.2, 0.25) is 0 Å². The van der Waals surface area contributed by atoms with Crippen LogP contribution in [-0.2, 0) is 0 Å². The van der Waals surface area contributed by atoms with E-state index in [1.165, 1.54) is 19.3 Å². The van der Waals surface area contributed by atoms with Gasteiger partial charge in [0.2, 0.25) is 0 Å². The smallest absolute Gasteiger partial charge is 0.163 e. The molecule has 1 aromatic carbocycles. The summed E-state index contributed by atoms with van der Waals surface area (Å²) >= 11 is 0. The molecular weight excluding hydrogens is 234 g/mol. The molecule has 0 saturated heterocycles. The van der Waals surface area contributed by atoms with E-state index in [1.54, 1.807) is 0 Å². The van der Waals surface area contributed by atoms with E-state index in [0.29, 0.717) is 13.0 Å². The molecule has 2 N–H and O–H groups in total. The van der Waals surface area contributed by atoms with Crippen molar-refractivity contribution in [3.05, 3.63) is 34.9 Å². The van der Waals surface area contributed by atoms with Gasteiger partial charge in [-0.1, -0.05) is 36.5 Å². The summed E-state index contributed by atoms with van der Waals surface area (Å²) in [6.07, 6.45) is 6.57. The van der Waals surface area contributed by atoms with Crippen LogP contribution in [0.3, 0.4) is 0 Å². The summed E-state index contributed by atoms with van der Waals surface area (Å²) < 4.78 is 0. The highest BCUT2D eigenvalue weighted by molar-refractivity contribution is 5.96. The lowest BCUT2D eigenvalue weighted by molar-refractivity contribution is 0.0868. The minimum absolute atomic E-state index is 0.0625. The topological polar surface area (TPSA) is 43.1 Å². The maximum Gasteiger partial charge on any atom is 0.163 e. The number of ketones is 1. The van der Waals surface area contributed by atoms with Crippen molar-refractivity contribution < 1.29 is 4.79 Å². The summed E-state index contributed by atoms with van der Waals surface area (Å²) in [5, 5.41) is 0. The van der Waals surface area contributed by atoms with Gasteiger partial charge < -0.3 is 5.73 Å². The third kappa shape index (κ3) is 3.44. The van der Waals surface area contributed by atoms with E-state index in [9.17, 15) is 4.79 Å². The first-order valence-electron chi connectivity index (χ1n) is 7.36. The lowest BCUT2D eigenvalue weighted by atomic mass is 9.70. The summed E-state index contributed by atoms with van der Waals surface area (Å²) in [5.41, 5.74) is 9.21. The average molecular weight is 259 g/mol. The van der Waals surface area contributed by atoms with Gasteiger partial charge in [-0.15, -0.1) is 0 Å². The molecule has 19 heavy (non-hydrogen) atoms. The van der Waals surface area contributed by atoms with E-state index in [4.69, 9.17) is 5.73 Å². The molecule has 0 aliphatic heterocycles. The molecule has 0 aromatic heterocycles. The van der Waals surface area contributed by atoms with Crippen molar-refractivity contribution in [1.82, 2.24) is 0 Å². The van der Waals surface area contributed by atoms with E-state index in [0.717, 1.165) is 29.5 Å². The fraction of sp³-hybridized carbons (Fsp3) is 0.588. The van der Waals surface area contributed by atoms with Gasteiger partial charge in [0.25, 0.3) is 0 Å². The molecule has 1 aliphatic rings. The summed E-state index contributed by atoms with van der Waals surface area (Å²) in [6.45, 7) is 4.73. The van der Waals surface area contributed by atoms with Gasteiger partial charge in [0, 0.05) is 12.0 Å². The van der Waals surface area contributed by atoms with Gasteiger partial charge in [-0.2, -0.15) is 0 Å². The summed E-state index contributed by atoms with van der Waals surface area (Å²) in [4.78, 5) is 12.5. The minimum atomic E-state index is 0.0625. The number of hydrogen-bond acceptors (Lipinski definition) is 2. The van der Waals surface area contributed by atoms with Crippen LogP contribution in [0.25, 0.3) is 0 Å². The van der Waals surface area contributed by atoms with E-state index in [-0.39, 0.29) is 11.2 Å². The van der Waals surface area contributed by atoms with Crippen LogP contribution in [0.15, 0.2) is 18.2 Å². The second-order valence-corrected chi connectivity index (χ2v) is 6.24. The number of aryl methyl sites for hydroxylation is 2. The standard InChI is InChI=1S/C17H25NO/c1-13-8-14(2)10-15(9-13)16(19)11-17(12-18)6-4-3-5-7-17/h8-10H,3-7,11-12,18H2,1-2H3. The predicted molar refractivity (Wildman–Crippen MR) is 79.4 cm³/mol. The molecule has 1 fully saturated rings. The molecule has 0 amide bonds. The Labute approximate surface area is 116 Å².